The van der Waals surface area contributed by atoms with Crippen molar-refractivity contribution >= 4 is 27.9 Å². The second-order valence-corrected chi connectivity index (χ2v) is 7.83. The van der Waals surface area contributed by atoms with E-state index in [1.807, 2.05) is 54.8 Å². The first-order chi connectivity index (χ1) is 13.5. The van der Waals surface area contributed by atoms with Crippen LogP contribution in [0.25, 0.3) is 15.5 Å². The predicted molar refractivity (Wildman–Crippen MR) is 112 cm³/mol. The highest BCUT2D eigenvalue weighted by Crippen LogP contribution is 2.27. The molecule has 7 heteroatoms. The number of aromatic nitrogens is 4. The van der Waals surface area contributed by atoms with Crippen molar-refractivity contribution in [2.75, 3.05) is 5.32 Å². The molecule has 0 aliphatic rings. The van der Waals surface area contributed by atoms with Gasteiger partial charge in [-0.1, -0.05) is 35.5 Å². The maximum atomic E-state index is 12.5. The lowest BCUT2D eigenvalue weighted by atomic mass is 10.1. The fourth-order valence-corrected chi connectivity index (χ4v) is 4.02. The van der Waals surface area contributed by atoms with E-state index in [1.165, 1.54) is 11.3 Å². The molecule has 4 rings (SSSR count). The van der Waals surface area contributed by atoms with Gasteiger partial charge in [-0.3, -0.25) is 4.79 Å². The molecule has 0 unspecified atom stereocenters. The fourth-order valence-electron chi connectivity index (χ4n) is 3.16. The Bertz CT molecular complexity index is 1120. The van der Waals surface area contributed by atoms with Gasteiger partial charge >= 0.3 is 0 Å². The van der Waals surface area contributed by atoms with E-state index in [2.05, 4.69) is 33.6 Å². The number of carbonyl (C=O) groups is 1. The Hall–Kier alpha value is -3.06. The van der Waals surface area contributed by atoms with Gasteiger partial charge in [0.05, 0.1) is 0 Å². The zero-order chi connectivity index (χ0) is 19.7. The van der Waals surface area contributed by atoms with Crippen LogP contribution in [0.2, 0.25) is 0 Å². The summed E-state index contributed by atoms with van der Waals surface area (Å²) in [6, 6.07) is 13.5. The topological polar surface area (TPSA) is 72.2 Å². The molecular weight excluding hydrogens is 370 g/mol. The van der Waals surface area contributed by atoms with Crippen molar-refractivity contribution in [2.24, 2.45) is 0 Å². The summed E-state index contributed by atoms with van der Waals surface area (Å²) in [5.74, 6) is 0.778. The summed E-state index contributed by atoms with van der Waals surface area (Å²) in [5, 5.41) is 16.9. The van der Waals surface area contributed by atoms with Crippen molar-refractivity contribution in [1.82, 2.24) is 19.8 Å². The van der Waals surface area contributed by atoms with E-state index in [0.717, 1.165) is 51.0 Å². The molecule has 0 saturated carbocycles. The number of hydrogen-bond acceptors (Lipinski definition) is 5. The minimum absolute atomic E-state index is 0.109. The van der Waals surface area contributed by atoms with Crippen LogP contribution >= 0.6 is 11.3 Å². The summed E-state index contributed by atoms with van der Waals surface area (Å²) in [6.07, 6.45) is 1.86. The second-order valence-electron chi connectivity index (χ2n) is 6.88. The number of nitrogens with one attached hydrogen (secondary N) is 1. The molecule has 2 aromatic carbocycles. The highest BCUT2D eigenvalue weighted by molar-refractivity contribution is 7.19. The molecule has 0 aliphatic heterocycles. The highest BCUT2D eigenvalue weighted by atomic mass is 32.1. The molecule has 0 atom stereocenters. The van der Waals surface area contributed by atoms with E-state index in [4.69, 9.17) is 0 Å². The summed E-state index contributed by atoms with van der Waals surface area (Å²) >= 11 is 1.51. The molecule has 1 N–H and O–H groups in total. The lowest BCUT2D eigenvalue weighted by molar-refractivity contribution is 0.102. The summed E-state index contributed by atoms with van der Waals surface area (Å²) in [4.78, 5) is 13.3. The van der Waals surface area contributed by atoms with Crippen molar-refractivity contribution in [2.45, 2.75) is 33.6 Å². The van der Waals surface area contributed by atoms with E-state index >= 15 is 0 Å². The van der Waals surface area contributed by atoms with Crippen molar-refractivity contribution in [3.05, 3.63) is 65.0 Å². The van der Waals surface area contributed by atoms with Gasteiger partial charge in [0.15, 0.2) is 5.82 Å². The molecule has 0 fully saturated rings. The monoisotopic (exact) mass is 391 g/mol. The van der Waals surface area contributed by atoms with Crippen LogP contribution in [0.1, 0.15) is 40.7 Å². The van der Waals surface area contributed by atoms with E-state index in [1.54, 1.807) is 0 Å². The summed E-state index contributed by atoms with van der Waals surface area (Å²) in [5.41, 5.74) is 4.56. The van der Waals surface area contributed by atoms with Crippen molar-refractivity contribution in [1.29, 1.82) is 0 Å². The van der Waals surface area contributed by atoms with Crippen molar-refractivity contribution in [3.8, 4) is 10.6 Å². The van der Waals surface area contributed by atoms with Gasteiger partial charge in [-0.25, -0.2) is 0 Å². The molecular formula is C21H21N5OS. The molecule has 142 valence electrons. The number of aryl methyl sites for hydroxylation is 3. The van der Waals surface area contributed by atoms with Crippen LogP contribution in [0.4, 0.5) is 5.69 Å². The summed E-state index contributed by atoms with van der Waals surface area (Å²) < 4.78 is 1.82. The smallest absolute Gasteiger partial charge is 0.255 e. The Morgan fingerprint density at radius 2 is 1.79 bits per heavy atom. The number of nitrogens with zero attached hydrogens (tertiary/aromatic N) is 4. The summed E-state index contributed by atoms with van der Waals surface area (Å²) in [6.45, 7) is 6.09. The number of hydrogen-bond donors (Lipinski definition) is 1. The van der Waals surface area contributed by atoms with E-state index in [9.17, 15) is 4.79 Å². The van der Waals surface area contributed by atoms with Gasteiger partial charge in [0, 0.05) is 23.2 Å². The van der Waals surface area contributed by atoms with Crippen LogP contribution in [-0.4, -0.2) is 25.7 Å². The molecule has 1 amide bonds. The van der Waals surface area contributed by atoms with Crippen LogP contribution in [0.15, 0.2) is 42.5 Å². The summed E-state index contributed by atoms with van der Waals surface area (Å²) in [7, 11) is 0. The lowest BCUT2D eigenvalue weighted by Crippen LogP contribution is -2.12. The molecule has 0 radical (unpaired) electrons. The maximum absolute atomic E-state index is 12.5. The van der Waals surface area contributed by atoms with E-state index < -0.39 is 0 Å². The van der Waals surface area contributed by atoms with Crippen molar-refractivity contribution in [3.63, 3.8) is 0 Å². The van der Waals surface area contributed by atoms with Crippen LogP contribution in [0, 0.1) is 13.8 Å². The molecule has 0 spiro atoms. The first-order valence-electron chi connectivity index (χ1n) is 9.24. The molecule has 4 aromatic rings. The Labute approximate surface area is 167 Å². The third-order valence-electron chi connectivity index (χ3n) is 4.40. The largest absolute Gasteiger partial charge is 0.322 e. The Kier molecular flexibility index (Phi) is 4.92. The third-order valence-corrected chi connectivity index (χ3v) is 5.35. The van der Waals surface area contributed by atoms with Crippen molar-refractivity contribution < 1.29 is 4.79 Å². The van der Waals surface area contributed by atoms with Gasteiger partial charge in [0.25, 0.3) is 5.91 Å². The van der Waals surface area contributed by atoms with Crippen LogP contribution in [-0.2, 0) is 6.42 Å². The first kappa shape index (κ1) is 18.3. The minimum atomic E-state index is -0.109. The number of carbonyl (C=O) groups excluding carboxylic acids is 1. The number of amides is 1. The predicted octanol–water partition coefficient (Wildman–Crippen LogP) is 4.67. The Balaban J connectivity index is 1.53. The van der Waals surface area contributed by atoms with Gasteiger partial charge in [0.2, 0.25) is 4.96 Å². The highest BCUT2D eigenvalue weighted by Gasteiger charge is 2.13. The molecule has 0 bridgehead atoms. The van der Waals surface area contributed by atoms with Gasteiger partial charge in [-0.2, -0.15) is 9.61 Å². The lowest BCUT2D eigenvalue weighted by Gasteiger charge is -2.07. The van der Waals surface area contributed by atoms with Gasteiger partial charge < -0.3 is 5.32 Å². The fraction of sp³-hybridized carbons (Fsp3) is 0.238. The van der Waals surface area contributed by atoms with Crippen LogP contribution in [0.3, 0.4) is 0 Å². The third kappa shape index (κ3) is 3.66. The molecule has 28 heavy (non-hydrogen) atoms. The van der Waals surface area contributed by atoms with Gasteiger partial charge in [-0.15, -0.1) is 10.2 Å². The standard InChI is InChI=1S/C21H21N5OS/c1-4-5-18-23-24-21-26(18)25-20(28-21)15-6-8-17(9-7-15)22-19(27)16-11-13(2)10-14(3)12-16/h6-12H,4-5H2,1-3H3,(H,22,27). The average Bonchev–Trinajstić information content (AvgIpc) is 3.24. The van der Waals surface area contributed by atoms with Crippen LogP contribution in [0.5, 0.6) is 0 Å². The second kappa shape index (κ2) is 7.52. The minimum Gasteiger partial charge on any atom is -0.322 e. The zero-order valence-corrected chi connectivity index (χ0v) is 16.9. The molecule has 0 aliphatic carbocycles. The quantitative estimate of drug-likeness (QED) is 0.536. The normalized spacial score (nSPS) is 11.1. The first-order valence-corrected chi connectivity index (χ1v) is 10.1. The number of anilines is 1. The molecule has 2 heterocycles. The SMILES string of the molecule is CCCc1nnc2sc(-c3ccc(NC(=O)c4cc(C)cc(C)c4)cc3)nn12. The average molecular weight is 392 g/mol. The van der Waals surface area contributed by atoms with Crippen LogP contribution < -0.4 is 5.32 Å². The molecule has 2 aromatic heterocycles. The Morgan fingerprint density at radius 3 is 2.46 bits per heavy atom. The Morgan fingerprint density at radius 1 is 1.07 bits per heavy atom. The van der Waals surface area contributed by atoms with E-state index in [-0.39, 0.29) is 5.91 Å². The van der Waals surface area contributed by atoms with Gasteiger partial charge in [0.1, 0.15) is 5.01 Å². The van der Waals surface area contributed by atoms with E-state index in [0.29, 0.717) is 5.56 Å². The zero-order valence-electron chi connectivity index (χ0n) is 16.1. The number of benzene rings is 2. The molecule has 0 saturated heterocycles. The maximum Gasteiger partial charge on any atom is 0.255 e. The molecule has 6 nitrogen and oxygen atoms in total. The number of rotatable bonds is 5. The number of fused-ring (bicyclic) bond motifs is 1. The van der Waals surface area contributed by atoms with Gasteiger partial charge in [-0.05, 0) is 56.7 Å².